The molecule has 1 saturated heterocycles. The minimum atomic E-state index is -0.169. The van der Waals surface area contributed by atoms with Crippen molar-refractivity contribution in [2.45, 2.75) is 50.7 Å². The summed E-state index contributed by atoms with van der Waals surface area (Å²) in [4.78, 5) is 13.2. The summed E-state index contributed by atoms with van der Waals surface area (Å²) in [6.45, 7) is 0. The molecular weight excluding hydrogens is 340 g/mol. The fraction of sp³-hybridized carbons (Fsp3) is 0.632. The topological polar surface area (TPSA) is 29.6 Å². The number of ether oxygens (including phenoxy) is 1. The van der Waals surface area contributed by atoms with E-state index in [0.29, 0.717) is 5.78 Å². The van der Waals surface area contributed by atoms with Crippen molar-refractivity contribution in [2.75, 3.05) is 0 Å². The molecule has 2 nitrogen and oxygen atoms in total. The first-order chi connectivity index (χ1) is 10.6. The molecule has 0 radical (unpaired) electrons. The van der Waals surface area contributed by atoms with Crippen LogP contribution in [0.15, 0.2) is 28.7 Å². The summed E-state index contributed by atoms with van der Waals surface area (Å²) in [7, 11) is 0. The molecule has 1 aromatic rings. The Hall–Kier alpha value is -0.670. The lowest BCUT2D eigenvalue weighted by molar-refractivity contribution is -0.145. The summed E-state index contributed by atoms with van der Waals surface area (Å²) in [5.41, 5.74) is 1.12. The molecule has 4 saturated carbocycles. The Labute approximate surface area is 139 Å². The van der Waals surface area contributed by atoms with Gasteiger partial charge in [0.1, 0.15) is 12.2 Å². The van der Waals surface area contributed by atoms with Gasteiger partial charge in [0.15, 0.2) is 5.78 Å². The van der Waals surface area contributed by atoms with E-state index in [-0.39, 0.29) is 17.6 Å². The molecule has 1 aliphatic heterocycles. The van der Waals surface area contributed by atoms with E-state index in [2.05, 4.69) is 28.1 Å². The molecule has 2 unspecified atom stereocenters. The molecule has 4 bridgehead atoms. The van der Waals surface area contributed by atoms with Crippen LogP contribution in [0.3, 0.4) is 0 Å². The number of hydrogen-bond donors (Lipinski definition) is 0. The third-order valence-corrected chi connectivity index (χ3v) is 7.04. The maximum Gasteiger partial charge on any atom is 0.170 e. The van der Waals surface area contributed by atoms with Gasteiger partial charge in [-0.3, -0.25) is 4.79 Å². The Kier molecular flexibility index (Phi) is 2.92. The van der Waals surface area contributed by atoms with Gasteiger partial charge in [-0.05, 0) is 74.0 Å². The Morgan fingerprint density at radius 2 is 1.55 bits per heavy atom. The van der Waals surface area contributed by atoms with Crippen molar-refractivity contribution in [3.05, 3.63) is 34.3 Å². The van der Waals surface area contributed by atoms with Crippen molar-refractivity contribution in [1.82, 2.24) is 0 Å². The predicted octanol–water partition coefficient (Wildman–Crippen LogP) is 4.67. The largest absolute Gasteiger partial charge is 0.356 e. The second-order valence-corrected chi connectivity index (χ2v) is 9.01. The molecule has 2 atom stereocenters. The number of hydrogen-bond acceptors (Lipinski definition) is 2. The highest BCUT2D eigenvalue weighted by Gasteiger charge is 2.60. The zero-order chi connectivity index (χ0) is 14.9. The fourth-order valence-electron chi connectivity index (χ4n) is 5.93. The van der Waals surface area contributed by atoms with E-state index in [1.807, 2.05) is 12.1 Å². The van der Waals surface area contributed by atoms with E-state index < -0.39 is 0 Å². The highest BCUT2D eigenvalue weighted by molar-refractivity contribution is 9.10. The number of carbonyl (C=O) groups excluding carboxylic acids is 1. The second kappa shape index (κ2) is 4.67. The number of ketones is 1. The third kappa shape index (κ3) is 2.05. The standard InChI is InChI=1S/C19H21BrO2/c20-15-3-1-14(2-4-15)16-17(22-16)18(21)19-8-11-5-12(9-19)7-13(6-11)10-19/h1-4,11-13,16-17H,5-10H2. The van der Waals surface area contributed by atoms with Crippen molar-refractivity contribution in [2.24, 2.45) is 23.2 Å². The minimum absolute atomic E-state index is 0.00797. The van der Waals surface area contributed by atoms with E-state index >= 15 is 0 Å². The molecule has 0 N–H and O–H groups in total. The third-order valence-electron chi connectivity index (χ3n) is 6.51. The predicted molar refractivity (Wildman–Crippen MR) is 87.4 cm³/mol. The summed E-state index contributed by atoms with van der Waals surface area (Å²) >= 11 is 3.46. The van der Waals surface area contributed by atoms with Crippen molar-refractivity contribution < 1.29 is 9.53 Å². The summed E-state index contributed by atoms with van der Waals surface area (Å²) in [6.07, 6.45) is 7.42. The van der Waals surface area contributed by atoms with Gasteiger partial charge in [0.25, 0.3) is 0 Å². The van der Waals surface area contributed by atoms with Crippen LogP contribution in [0.2, 0.25) is 0 Å². The maximum atomic E-state index is 13.2. The quantitative estimate of drug-likeness (QED) is 0.732. The van der Waals surface area contributed by atoms with Crippen LogP contribution in [-0.4, -0.2) is 11.9 Å². The number of epoxide rings is 1. The highest BCUT2D eigenvalue weighted by Crippen LogP contribution is 2.62. The monoisotopic (exact) mass is 360 g/mol. The zero-order valence-electron chi connectivity index (χ0n) is 12.6. The second-order valence-electron chi connectivity index (χ2n) is 8.09. The minimum Gasteiger partial charge on any atom is -0.356 e. The summed E-state index contributed by atoms with van der Waals surface area (Å²) in [5.74, 6) is 2.89. The molecule has 6 rings (SSSR count). The van der Waals surface area contributed by atoms with Gasteiger partial charge in [-0.25, -0.2) is 0 Å². The van der Waals surface area contributed by atoms with Crippen molar-refractivity contribution >= 4 is 21.7 Å². The van der Waals surface area contributed by atoms with Gasteiger partial charge in [-0.15, -0.1) is 0 Å². The summed E-state index contributed by atoms with van der Waals surface area (Å²) in [6, 6.07) is 8.20. The van der Waals surface area contributed by atoms with Crippen molar-refractivity contribution in [3.8, 4) is 0 Å². The number of rotatable bonds is 3. The van der Waals surface area contributed by atoms with Crippen LogP contribution < -0.4 is 0 Å². The van der Waals surface area contributed by atoms with Crippen LogP contribution in [-0.2, 0) is 9.53 Å². The van der Waals surface area contributed by atoms with Gasteiger partial charge in [-0.2, -0.15) is 0 Å². The van der Waals surface area contributed by atoms with Crippen LogP contribution in [0, 0.1) is 23.2 Å². The SMILES string of the molecule is O=C(C1OC1c1ccc(Br)cc1)C12CC3CC(CC(C3)C1)C2. The van der Waals surface area contributed by atoms with Gasteiger partial charge < -0.3 is 4.74 Å². The van der Waals surface area contributed by atoms with Gasteiger partial charge >= 0.3 is 0 Å². The average molecular weight is 361 g/mol. The van der Waals surface area contributed by atoms with E-state index in [1.165, 1.54) is 19.3 Å². The number of halogens is 1. The molecular formula is C19H21BrO2. The Balaban J connectivity index is 1.36. The lowest BCUT2D eigenvalue weighted by atomic mass is 9.48. The highest BCUT2D eigenvalue weighted by atomic mass is 79.9. The van der Waals surface area contributed by atoms with Crippen LogP contribution in [0.25, 0.3) is 0 Å². The number of benzene rings is 1. The van der Waals surface area contributed by atoms with Crippen LogP contribution in [0.5, 0.6) is 0 Å². The van der Waals surface area contributed by atoms with Crippen molar-refractivity contribution in [1.29, 1.82) is 0 Å². The lowest BCUT2D eigenvalue weighted by Gasteiger charge is -2.55. The van der Waals surface area contributed by atoms with Crippen LogP contribution >= 0.6 is 15.9 Å². The van der Waals surface area contributed by atoms with Crippen LogP contribution in [0.4, 0.5) is 0 Å². The van der Waals surface area contributed by atoms with Crippen LogP contribution in [0.1, 0.15) is 50.2 Å². The summed E-state index contributed by atoms with van der Waals surface area (Å²) < 4.78 is 6.90. The molecule has 1 aromatic carbocycles. The lowest BCUT2D eigenvalue weighted by Crippen LogP contribution is -2.51. The van der Waals surface area contributed by atoms with E-state index in [1.54, 1.807) is 0 Å². The average Bonchev–Trinajstić information content (AvgIpc) is 3.26. The number of carbonyl (C=O) groups is 1. The zero-order valence-corrected chi connectivity index (χ0v) is 14.2. The van der Waals surface area contributed by atoms with Gasteiger partial charge in [0.05, 0.1) is 0 Å². The molecule has 0 amide bonds. The molecule has 5 aliphatic rings. The molecule has 1 heterocycles. The van der Waals surface area contributed by atoms with Gasteiger partial charge in [0, 0.05) is 9.89 Å². The van der Waals surface area contributed by atoms with E-state index in [4.69, 9.17) is 4.74 Å². The molecule has 116 valence electrons. The Morgan fingerprint density at radius 3 is 2.09 bits per heavy atom. The first kappa shape index (κ1) is 13.7. The fourth-order valence-corrected chi connectivity index (χ4v) is 6.20. The maximum absolute atomic E-state index is 13.2. The normalized spacial score (nSPS) is 45.0. The van der Waals surface area contributed by atoms with E-state index in [0.717, 1.165) is 47.1 Å². The molecule has 3 heteroatoms. The molecule has 0 aromatic heterocycles. The van der Waals surface area contributed by atoms with Gasteiger partial charge in [-0.1, -0.05) is 28.1 Å². The van der Waals surface area contributed by atoms with E-state index in [9.17, 15) is 4.79 Å². The van der Waals surface area contributed by atoms with Crippen molar-refractivity contribution in [3.63, 3.8) is 0 Å². The molecule has 22 heavy (non-hydrogen) atoms. The molecule has 5 fully saturated rings. The first-order valence-electron chi connectivity index (χ1n) is 8.58. The Bertz CT molecular complexity index is 586. The molecule has 4 aliphatic carbocycles. The van der Waals surface area contributed by atoms with Gasteiger partial charge in [0.2, 0.25) is 0 Å². The molecule has 0 spiro atoms. The number of Topliss-reactive ketones (excluding diaryl/α,β-unsaturated/α-hetero) is 1. The Morgan fingerprint density at radius 1 is 1.00 bits per heavy atom. The summed E-state index contributed by atoms with van der Waals surface area (Å²) in [5, 5.41) is 0. The first-order valence-corrected chi connectivity index (χ1v) is 9.37. The smallest absolute Gasteiger partial charge is 0.170 e.